The first-order valence-electron chi connectivity index (χ1n) is 11.2. The Morgan fingerprint density at radius 1 is 1.27 bits per heavy atom. The van der Waals surface area contributed by atoms with Crippen LogP contribution in [0.5, 0.6) is 0 Å². The van der Waals surface area contributed by atoms with E-state index in [4.69, 9.17) is 9.47 Å². The molecule has 1 fully saturated rings. The minimum Gasteiger partial charge on any atom is -0.444 e. The van der Waals surface area contributed by atoms with Crippen molar-refractivity contribution in [2.45, 2.75) is 46.1 Å². The summed E-state index contributed by atoms with van der Waals surface area (Å²) in [5, 5.41) is 3.33. The number of ether oxygens (including phenoxy) is 2. The second-order valence-corrected chi connectivity index (χ2v) is 8.88. The average molecular weight is 450 g/mol. The molecular formula is C23H29BN5O4. The smallest absolute Gasteiger partial charge is 0.415 e. The zero-order chi connectivity index (χ0) is 23.4. The molecule has 0 saturated carbocycles. The van der Waals surface area contributed by atoms with Crippen LogP contribution in [0.25, 0.3) is 0 Å². The molecule has 0 unspecified atom stereocenters. The Bertz CT molecular complexity index is 981. The summed E-state index contributed by atoms with van der Waals surface area (Å²) in [6.45, 7) is 8.91. The van der Waals surface area contributed by atoms with Crippen LogP contribution >= 0.6 is 0 Å². The van der Waals surface area contributed by atoms with Crippen molar-refractivity contribution in [2.75, 3.05) is 29.9 Å². The van der Waals surface area contributed by atoms with Gasteiger partial charge in [-0.2, -0.15) is 4.98 Å². The summed E-state index contributed by atoms with van der Waals surface area (Å²) in [6, 6.07) is 8.20. The SMILES string of the molecule is CC(C)CN1C(=O)OCc2cnc(N[C@@H](C)c3ccc(COC4CN([B]C=O)C4)cc3)nc21. The molecule has 173 valence electrons. The Morgan fingerprint density at radius 3 is 2.73 bits per heavy atom. The second-order valence-electron chi connectivity index (χ2n) is 8.88. The number of hydrogen-bond acceptors (Lipinski definition) is 8. The summed E-state index contributed by atoms with van der Waals surface area (Å²) in [5.74, 6) is 1.37. The van der Waals surface area contributed by atoms with Crippen LogP contribution in [0.1, 0.15) is 43.5 Å². The second kappa shape index (κ2) is 10.3. The van der Waals surface area contributed by atoms with Gasteiger partial charge in [0, 0.05) is 25.8 Å². The van der Waals surface area contributed by atoms with Crippen molar-refractivity contribution in [2.24, 2.45) is 5.92 Å². The van der Waals surface area contributed by atoms with E-state index in [0.717, 1.165) is 36.0 Å². The number of fused-ring (bicyclic) bond motifs is 1. The monoisotopic (exact) mass is 450 g/mol. The predicted molar refractivity (Wildman–Crippen MR) is 126 cm³/mol. The fourth-order valence-corrected chi connectivity index (χ4v) is 3.81. The molecule has 0 bridgehead atoms. The van der Waals surface area contributed by atoms with E-state index >= 15 is 0 Å². The molecule has 1 amide bonds. The third kappa shape index (κ3) is 5.69. The fourth-order valence-electron chi connectivity index (χ4n) is 3.81. The van der Waals surface area contributed by atoms with Gasteiger partial charge in [-0.1, -0.05) is 38.1 Å². The molecular weight excluding hydrogens is 421 g/mol. The highest BCUT2D eigenvalue weighted by Crippen LogP contribution is 2.27. The van der Waals surface area contributed by atoms with E-state index in [1.807, 2.05) is 25.6 Å². The third-order valence-electron chi connectivity index (χ3n) is 5.68. The van der Waals surface area contributed by atoms with Gasteiger partial charge in [-0.25, -0.2) is 9.78 Å². The molecule has 2 aliphatic heterocycles. The maximum absolute atomic E-state index is 12.2. The summed E-state index contributed by atoms with van der Waals surface area (Å²) in [7, 11) is 1.54. The topological polar surface area (TPSA) is 96.9 Å². The molecule has 1 saturated heterocycles. The lowest BCUT2D eigenvalue weighted by atomic mass is 9.89. The molecule has 0 spiro atoms. The van der Waals surface area contributed by atoms with E-state index in [-0.39, 0.29) is 30.8 Å². The molecule has 0 aliphatic carbocycles. The van der Waals surface area contributed by atoms with Crippen LogP contribution in [0.15, 0.2) is 30.5 Å². The van der Waals surface area contributed by atoms with Gasteiger partial charge in [0.1, 0.15) is 12.4 Å². The number of nitrogens with one attached hydrogen (secondary N) is 1. The van der Waals surface area contributed by atoms with Gasteiger partial charge >= 0.3 is 6.09 Å². The van der Waals surface area contributed by atoms with Gasteiger partial charge in [0.2, 0.25) is 5.95 Å². The van der Waals surface area contributed by atoms with Crippen molar-refractivity contribution in [3.8, 4) is 0 Å². The highest BCUT2D eigenvalue weighted by atomic mass is 16.6. The fraction of sp³-hybridized carbons (Fsp3) is 0.478. The summed E-state index contributed by atoms with van der Waals surface area (Å²) in [4.78, 5) is 35.2. The third-order valence-corrected chi connectivity index (χ3v) is 5.68. The standard InChI is InChI=1S/C23H29BN5O4/c1-15(2)9-29-21-19(13-33-23(29)31)8-25-22(27-21)26-16(3)18-6-4-17(5-7-18)12-32-20-10-28(11-20)24-14-30/h4-8,14-16,20H,9-13H2,1-3H3,(H,25,26,27)/t16-/m0/s1. The lowest BCUT2D eigenvalue weighted by Gasteiger charge is -2.37. The van der Waals surface area contributed by atoms with Crippen LogP contribution in [0.3, 0.4) is 0 Å². The van der Waals surface area contributed by atoms with Crippen molar-refractivity contribution >= 4 is 31.5 Å². The number of carbonyl (C=O) groups is 2. The first-order chi connectivity index (χ1) is 15.9. The van der Waals surface area contributed by atoms with Crippen molar-refractivity contribution in [1.82, 2.24) is 14.8 Å². The van der Waals surface area contributed by atoms with E-state index in [1.54, 1.807) is 18.5 Å². The first kappa shape index (κ1) is 23.2. The predicted octanol–water partition coefficient (Wildman–Crippen LogP) is 2.77. The molecule has 1 aromatic heterocycles. The molecule has 1 radical (unpaired) electrons. The summed E-state index contributed by atoms with van der Waals surface area (Å²) in [6.07, 6.45) is 2.31. The van der Waals surface area contributed by atoms with Gasteiger partial charge in [-0.3, -0.25) is 4.90 Å². The number of carbonyl (C=O) groups excluding carboxylic acids is 2. The van der Waals surface area contributed by atoms with Crippen molar-refractivity contribution in [3.05, 3.63) is 47.2 Å². The lowest BCUT2D eigenvalue weighted by Crippen LogP contribution is -2.53. The summed E-state index contributed by atoms with van der Waals surface area (Å²) < 4.78 is 11.1. The molecule has 33 heavy (non-hydrogen) atoms. The van der Waals surface area contributed by atoms with Crippen LogP contribution < -0.4 is 10.2 Å². The van der Waals surface area contributed by atoms with Gasteiger partial charge in [0.05, 0.1) is 30.5 Å². The largest absolute Gasteiger partial charge is 0.444 e. The number of rotatable bonds is 10. The van der Waals surface area contributed by atoms with E-state index < -0.39 is 0 Å². The van der Waals surface area contributed by atoms with Crippen LogP contribution in [0, 0.1) is 5.92 Å². The minimum atomic E-state index is -0.372. The number of cyclic esters (lactones) is 1. The number of anilines is 2. The number of aromatic nitrogens is 2. The van der Waals surface area contributed by atoms with E-state index in [1.165, 1.54) is 0 Å². The zero-order valence-electron chi connectivity index (χ0n) is 19.2. The number of amides is 1. The van der Waals surface area contributed by atoms with Crippen molar-refractivity contribution in [1.29, 1.82) is 0 Å². The van der Waals surface area contributed by atoms with Gasteiger partial charge < -0.3 is 24.4 Å². The maximum atomic E-state index is 12.2. The molecule has 1 N–H and O–H groups in total. The number of hydrogen-bond donors (Lipinski definition) is 1. The average Bonchev–Trinajstić information content (AvgIpc) is 2.77. The Morgan fingerprint density at radius 2 is 2.03 bits per heavy atom. The van der Waals surface area contributed by atoms with Crippen molar-refractivity contribution < 1.29 is 19.1 Å². The summed E-state index contributed by atoms with van der Waals surface area (Å²) >= 11 is 0. The highest BCUT2D eigenvalue weighted by Gasteiger charge is 2.29. The Balaban J connectivity index is 1.34. The first-order valence-corrected chi connectivity index (χ1v) is 11.2. The van der Waals surface area contributed by atoms with Crippen LogP contribution in [0.4, 0.5) is 16.6 Å². The van der Waals surface area contributed by atoms with Crippen LogP contribution in [-0.4, -0.2) is 60.2 Å². The molecule has 1 aromatic carbocycles. The quantitative estimate of drug-likeness (QED) is 0.436. The molecule has 3 heterocycles. The zero-order valence-corrected chi connectivity index (χ0v) is 19.2. The van der Waals surface area contributed by atoms with Gasteiger partial charge in [-0.05, 0) is 24.0 Å². The maximum Gasteiger partial charge on any atom is 0.415 e. The number of nitrogens with zero attached hydrogens (tertiary/aromatic N) is 4. The molecule has 2 aliphatic rings. The molecule has 4 rings (SSSR count). The Labute approximate surface area is 194 Å². The van der Waals surface area contributed by atoms with Crippen molar-refractivity contribution in [3.63, 3.8) is 0 Å². The van der Waals surface area contributed by atoms with E-state index in [2.05, 4.69) is 39.6 Å². The highest BCUT2D eigenvalue weighted by molar-refractivity contribution is 6.64. The number of benzene rings is 1. The summed E-state index contributed by atoms with van der Waals surface area (Å²) in [5.41, 5.74) is 2.99. The molecule has 9 nitrogen and oxygen atoms in total. The van der Waals surface area contributed by atoms with Gasteiger partial charge in [0.15, 0.2) is 0 Å². The van der Waals surface area contributed by atoms with Gasteiger partial charge in [0.25, 0.3) is 7.41 Å². The van der Waals surface area contributed by atoms with Crippen LogP contribution in [0.2, 0.25) is 0 Å². The van der Waals surface area contributed by atoms with E-state index in [0.29, 0.717) is 24.9 Å². The molecule has 2 aromatic rings. The normalized spacial score (nSPS) is 17.2. The molecule has 1 atom stereocenters. The molecule has 10 heteroatoms. The lowest BCUT2D eigenvalue weighted by molar-refractivity contribution is -0.0300. The van der Waals surface area contributed by atoms with Gasteiger partial charge in [-0.15, -0.1) is 0 Å². The van der Waals surface area contributed by atoms with Crippen LogP contribution in [-0.2, 0) is 27.5 Å². The Kier molecular flexibility index (Phi) is 7.24. The Hall–Kier alpha value is -2.98. The minimum absolute atomic E-state index is 0.0221. The van der Waals surface area contributed by atoms with E-state index in [9.17, 15) is 9.59 Å².